The molecule has 1 fully saturated rings. The second-order valence-electron chi connectivity index (χ2n) is 5.97. The number of benzene rings is 1. The quantitative estimate of drug-likeness (QED) is 0.450. The first-order chi connectivity index (χ1) is 12.7. The smallest absolute Gasteiger partial charge is 0.261 e. The van der Waals surface area contributed by atoms with Gasteiger partial charge in [0.2, 0.25) is 0 Å². The zero-order valence-electron chi connectivity index (χ0n) is 14.1. The van der Waals surface area contributed by atoms with Crippen LogP contribution in [0.1, 0.15) is 20.7 Å². The molecule has 134 valence electrons. The maximum atomic E-state index is 12.4. The molecule has 8 heteroatoms. The summed E-state index contributed by atoms with van der Waals surface area (Å²) < 4.78 is 5.36. The molecule has 0 unspecified atom stereocenters. The number of hydrogen-bond acceptors (Lipinski definition) is 7. The second kappa shape index (κ2) is 7.43. The van der Waals surface area contributed by atoms with Crippen molar-refractivity contribution in [2.24, 2.45) is 0 Å². The van der Waals surface area contributed by atoms with Crippen LogP contribution < -0.4 is 4.90 Å². The van der Waals surface area contributed by atoms with Crippen LogP contribution >= 0.6 is 11.8 Å². The van der Waals surface area contributed by atoms with E-state index >= 15 is 0 Å². The number of amides is 2. The van der Waals surface area contributed by atoms with E-state index in [-0.39, 0.29) is 11.8 Å². The van der Waals surface area contributed by atoms with Crippen molar-refractivity contribution in [3.05, 3.63) is 47.8 Å². The number of fused-ring (bicyclic) bond motifs is 1. The van der Waals surface area contributed by atoms with Crippen LogP contribution in [0.25, 0.3) is 0 Å². The summed E-state index contributed by atoms with van der Waals surface area (Å²) in [7, 11) is 0. The first-order valence-electron chi connectivity index (χ1n) is 8.47. The summed E-state index contributed by atoms with van der Waals surface area (Å²) in [6, 6.07) is 8.88. The molecule has 0 N–H and O–H groups in total. The molecule has 0 aliphatic carbocycles. The molecule has 3 heterocycles. The van der Waals surface area contributed by atoms with Crippen molar-refractivity contribution in [1.82, 2.24) is 14.9 Å². The van der Waals surface area contributed by atoms with Gasteiger partial charge in [0.1, 0.15) is 17.2 Å². The molecule has 2 amide bonds. The third-order valence-corrected chi connectivity index (χ3v) is 5.31. The monoisotopic (exact) mass is 370 g/mol. The zero-order chi connectivity index (χ0) is 17.9. The molecule has 2 aliphatic heterocycles. The number of thioether (sulfide) groups is 1. The van der Waals surface area contributed by atoms with Gasteiger partial charge in [0.15, 0.2) is 0 Å². The summed E-state index contributed by atoms with van der Waals surface area (Å²) in [6.45, 7) is 3.39. The van der Waals surface area contributed by atoms with Crippen molar-refractivity contribution >= 4 is 29.4 Å². The van der Waals surface area contributed by atoms with Crippen molar-refractivity contribution in [3.8, 4) is 0 Å². The van der Waals surface area contributed by atoms with E-state index < -0.39 is 0 Å². The van der Waals surface area contributed by atoms with Crippen LogP contribution in [0.4, 0.5) is 5.82 Å². The van der Waals surface area contributed by atoms with Crippen LogP contribution in [0.15, 0.2) is 41.7 Å². The lowest BCUT2D eigenvalue weighted by Gasteiger charge is -2.27. The third kappa shape index (κ3) is 3.30. The molecule has 2 aliphatic rings. The van der Waals surface area contributed by atoms with Gasteiger partial charge in [-0.05, 0) is 12.1 Å². The van der Waals surface area contributed by atoms with Gasteiger partial charge in [-0.25, -0.2) is 9.97 Å². The highest BCUT2D eigenvalue weighted by molar-refractivity contribution is 7.99. The van der Waals surface area contributed by atoms with Crippen molar-refractivity contribution in [3.63, 3.8) is 0 Å². The van der Waals surface area contributed by atoms with Gasteiger partial charge in [-0.3, -0.25) is 14.5 Å². The fraction of sp³-hybridized carbons (Fsp3) is 0.333. The molecular weight excluding hydrogens is 352 g/mol. The SMILES string of the molecule is O=C1c2ccccc2C(=O)N1CCSc1cc(N2CCOCC2)ncn1. The fourth-order valence-corrected chi connectivity index (χ4v) is 3.85. The van der Waals surface area contributed by atoms with Crippen LogP contribution in [-0.2, 0) is 4.74 Å². The highest BCUT2D eigenvalue weighted by atomic mass is 32.2. The molecule has 26 heavy (non-hydrogen) atoms. The summed E-state index contributed by atoms with van der Waals surface area (Å²) >= 11 is 1.51. The van der Waals surface area contributed by atoms with Crippen molar-refractivity contribution in [1.29, 1.82) is 0 Å². The molecule has 4 rings (SSSR count). The molecule has 1 saturated heterocycles. The van der Waals surface area contributed by atoms with E-state index in [9.17, 15) is 9.59 Å². The number of morpholine rings is 1. The Labute approximate surface area is 155 Å². The third-order valence-electron chi connectivity index (χ3n) is 4.41. The first kappa shape index (κ1) is 17.0. The Bertz CT molecular complexity index is 804. The van der Waals surface area contributed by atoms with E-state index in [1.807, 2.05) is 6.07 Å². The summed E-state index contributed by atoms with van der Waals surface area (Å²) in [6.07, 6.45) is 1.55. The zero-order valence-corrected chi connectivity index (χ0v) is 14.9. The lowest BCUT2D eigenvalue weighted by molar-refractivity contribution is 0.0664. The van der Waals surface area contributed by atoms with Gasteiger partial charge < -0.3 is 9.64 Å². The molecule has 0 spiro atoms. The summed E-state index contributed by atoms with van der Waals surface area (Å²) in [5.74, 6) is 1.03. The number of rotatable bonds is 5. The molecular formula is C18H18N4O3S. The Hall–Kier alpha value is -2.45. The number of hydrogen-bond donors (Lipinski definition) is 0. The number of imide groups is 1. The summed E-state index contributed by atoms with van der Waals surface area (Å²) in [5.41, 5.74) is 0.971. The minimum absolute atomic E-state index is 0.220. The van der Waals surface area contributed by atoms with Gasteiger partial charge in [-0.15, -0.1) is 11.8 Å². The van der Waals surface area contributed by atoms with Crippen LogP contribution in [0.3, 0.4) is 0 Å². The molecule has 0 saturated carbocycles. The minimum atomic E-state index is -0.220. The van der Waals surface area contributed by atoms with Crippen molar-refractivity contribution in [2.45, 2.75) is 5.03 Å². The lowest BCUT2D eigenvalue weighted by atomic mass is 10.1. The number of nitrogens with zero attached hydrogens (tertiary/aromatic N) is 4. The van der Waals surface area contributed by atoms with E-state index in [1.165, 1.54) is 16.7 Å². The van der Waals surface area contributed by atoms with E-state index in [1.54, 1.807) is 30.6 Å². The Morgan fingerprint density at radius 1 is 1.04 bits per heavy atom. The normalized spacial score (nSPS) is 16.9. The molecule has 2 aromatic rings. The molecule has 0 atom stereocenters. The Morgan fingerprint density at radius 2 is 1.73 bits per heavy atom. The fourth-order valence-electron chi connectivity index (χ4n) is 3.06. The number of carbonyl (C=O) groups excluding carboxylic acids is 2. The molecule has 1 aromatic heterocycles. The number of carbonyl (C=O) groups is 2. The summed E-state index contributed by atoms with van der Waals surface area (Å²) in [4.78, 5) is 36.8. The topological polar surface area (TPSA) is 75.6 Å². The van der Waals surface area contributed by atoms with Crippen molar-refractivity contribution < 1.29 is 14.3 Å². The van der Waals surface area contributed by atoms with Crippen LogP contribution in [0.2, 0.25) is 0 Å². The predicted octanol–water partition coefficient (Wildman–Crippen LogP) is 1.70. The Morgan fingerprint density at radius 3 is 2.42 bits per heavy atom. The standard InChI is InChI=1S/C18H18N4O3S/c23-17-13-3-1-2-4-14(13)18(24)22(17)7-10-26-16-11-15(19-12-20-16)21-5-8-25-9-6-21/h1-4,11-12H,5-10H2. The largest absolute Gasteiger partial charge is 0.378 e. The van der Waals surface area contributed by atoms with Gasteiger partial charge in [0.25, 0.3) is 11.8 Å². The summed E-state index contributed by atoms with van der Waals surface area (Å²) in [5, 5.41) is 0.832. The van der Waals surface area contributed by atoms with Crippen LogP contribution in [0.5, 0.6) is 0 Å². The molecule has 0 bridgehead atoms. The molecule has 1 aromatic carbocycles. The van der Waals surface area contributed by atoms with E-state index in [2.05, 4.69) is 14.9 Å². The van der Waals surface area contributed by atoms with E-state index in [0.29, 0.717) is 36.6 Å². The second-order valence-corrected chi connectivity index (χ2v) is 7.09. The van der Waals surface area contributed by atoms with Gasteiger partial charge in [0, 0.05) is 31.5 Å². The van der Waals surface area contributed by atoms with Crippen LogP contribution in [0, 0.1) is 0 Å². The van der Waals surface area contributed by atoms with Gasteiger partial charge >= 0.3 is 0 Å². The van der Waals surface area contributed by atoms with Gasteiger partial charge in [-0.2, -0.15) is 0 Å². The maximum absolute atomic E-state index is 12.4. The van der Waals surface area contributed by atoms with E-state index in [4.69, 9.17) is 4.74 Å². The number of aromatic nitrogens is 2. The van der Waals surface area contributed by atoms with Crippen molar-refractivity contribution in [2.75, 3.05) is 43.5 Å². The predicted molar refractivity (Wildman–Crippen MR) is 97.6 cm³/mol. The van der Waals surface area contributed by atoms with E-state index in [0.717, 1.165) is 23.9 Å². The first-order valence-corrected chi connectivity index (χ1v) is 9.45. The van der Waals surface area contributed by atoms with Gasteiger partial charge in [0.05, 0.1) is 24.3 Å². The average molecular weight is 370 g/mol. The van der Waals surface area contributed by atoms with Crippen LogP contribution in [-0.4, -0.2) is 65.3 Å². The lowest BCUT2D eigenvalue weighted by Crippen LogP contribution is -2.36. The average Bonchev–Trinajstić information content (AvgIpc) is 2.94. The molecule has 0 radical (unpaired) electrons. The highest BCUT2D eigenvalue weighted by Crippen LogP contribution is 2.24. The molecule has 7 nitrogen and oxygen atoms in total. The highest BCUT2D eigenvalue weighted by Gasteiger charge is 2.34. The minimum Gasteiger partial charge on any atom is -0.378 e. The Balaban J connectivity index is 1.37. The Kier molecular flexibility index (Phi) is 4.85. The maximum Gasteiger partial charge on any atom is 0.261 e. The van der Waals surface area contributed by atoms with Gasteiger partial charge in [-0.1, -0.05) is 12.1 Å². The number of anilines is 1. The number of ether oxygens (including phenoxy) is 1.